The normalized spacial score (nSPS) is 24.2. The molecule has 1 amide bonds. The van der Waals surface area contributed by atoms with Crippen LogP contribution < -0.4 is 5.32 Å². The van der Waals surface area contributed by atoms with E-state index in [1.165, 1.54) is 0 Å². The monoisotopic (exact) mass is 310 g/mol. The summed E-state index contributed by atoms with van der Waals surface area (Å²) in [6.45, 7) is 7.03. The highest BCUT2D eigenvalue weighted by molar-refractivity contribution is 7.99. The zero-order chi connectivity index (χ0) is 14.7. The van der Waals surface area contributed by atoms with Crippen LogP contribution in [0.4, 0.5) is 0 Å². The first kappa shape index (κ1) is 14.9. The van der Waals surface area contributed by atoms with Gasteiger partial charge in [-0.05, 0) is 6.92 Å². The number of thioether (sulfide) groups is 1. The van der Waals surface area contributed by atoms with Crippen molar-refractivity contribution < 1.29 is 9.32 Å². The molecule has 1 aromatic rings. The van der Waals surface area contributed by atoms with Crippen LogP contribution in [-0.2, 0) is 11.3 Å². The van der Waals surface area contributed by atoms with Crippen LogP contribution in [0.2, 0.25) is 0 Å². The Kier molecular flexibility index (Phi) is 4.82. The molecule has 7 heteroatoms. The molecule has 1 unspecified atom stereocenters. The average molecular weight is 310 g/mol. The lowest BCUT2D eigenvalue weighted by Crippen LogP contribution is -2.55. The maximum absolute atomic E-state index is 12.4. The van der Waals surface area contributed by atoms with E-state index in [4.69, 9.17) is 4.52 Å². The Morgan fingerprint density at radius 1 is 1.48 bits per heavy atom. The Morgan fingerprint density at radius 2 is 2.29 bits per heavy atom. The topological polar surface area (TPSA) is 61.6 Å². The number of piperazine rings is 1. The van der Waals surface area contributed by atoms with E-state index in [0.717, 1.165) is 62.2 Å². The highest BCUT2D eigenvalue weighted by Crippen LogP contribution is 2.13. The smallest absolute Gasteiger partial charge is 0.240 e. The first-order valence-electron chi connectivity index (χ1n) is 7.47. The lowest BCUT2D eigenvalue weighted by Gasteiger charge is -2.36. The molecular weight excluding hydrogens is 288 g/mol. The minimum atomic E-state index is 0.00669. The summed E-state index contributed by atoms with van der Waals surface area (Å²) in [6, 6.07) is 1.98. The van der Waals surface area contributed by atoms with Crippen LogP contribution in [0.3, 0.4) is 0 Å². The summed E-state index contributed by atoms with van der Waals surface area (Å²) >= 11 is 1.86. The number of carbonyl (C=O) groups excluding carboxylic acids is 1. The van der Waals surface area contributed by atoms with Gasteiger partial charge in [0.1, 0.15) is 0 Å². The Bertz CT molecular complexity index is 479. The van der Waals surface area contributed by atoms with Gasteiger partial charge in [-0.15, -0.1) is 0 Å². The van der Waals surface area contributed by atoms with Crippen molar-refractivity contribution in [3.8, 4) is 0 Å². The molecule has 2 fully saturated rings. The van der Waals surface area contributed by atoms with Gasteiger partial charge < -0.3 is 14.7 Å². The van der Waals surface area contributed by atoms with Crippen molar-refractivity contribution in [2.24, 2.45) is 0 Å². The minimum absolute atomic E-state index is 0.00669. The SMILES string of the molecule is Cc1cc(CN2CCN(C(=O)C3CSCCN3)CC2)on1. The first-order chi connectivity index (χ1) is 10.2. The number of hydrogen-bond donors (Lipinski definition) is 1. The summed E-state index contributed by atoms with van der Waals surface area (Å²) in [5.74, 6) is 3.17. The molecule has 6 nitrogen and oxygen atoms in total. The van der Waals surface area contributed by atoms with Crippen LogP contribution in [-0.4, -0.2) is 71.1 Å². The maximum Gasteiger partial charge on any atom is 0.240 e. The molecule has 0 radical (unpaired) electrons. The zero-order valence-corrected chi connectivity index (χ0v) is 13.2. The van der Waals surface area contributed by atoms with E-state index >= 15 is 0 Å². The molecule has 0 saturated carbocycles. The number of nitrogens with zero attached hydrogens (tertiary/aromatic N) is 3. The van der Waals surface area contributed by atoms with Crippen molar-refractivity contribution >= 4 is 17.7 Å². The molecule has 2 saturated heterocycles. The molecule has 0 aromatic carbocycles. The summed E-state index contributed by atoms with van der Waals surface area (Å²) in [5.41, 5.74) is 0.916. The van der Waals surface area contributed by atoms with Crippen LogP contribution >= 0.6 is 11.8 Å². The van der Waals surface area contributed by atoms with Gasteiger partial charge in [-0.3, -0.25) is 9.69 Å². The quantitative estimate of drug-likeness (QED) is 0.868. The third kappa shape index (κ3) is 3.78. The largest absolute Gasteiger partial charge is 0.360 e. The van der Waals surface area contributed by atoms with Gasteiger partial charge in [0, 0.05) is 50.3 Å². The molecule has 2 aliphatic rings. The lowest BCUT2D eigenvalue weighted by atomic mass is 10.2. The number of hydrogen-bond acceptors (Lipinski definition) is 6. The number of rotatable bonds is 3. The summed E-state index contributed by atoms with van der Waals surface area (Å²) in [6.07, 6.45) is 0. The van der Waals surface area contributed by atoms with Crippen molar-refractivity contribution in [2.45, 2.75) is 19.5 Å². The van der Waals surface area contributed by atoms with Crippen molar-refractivity contribution in [1.82, 2.24) is 20.3 Å². The van der Waals surface area contributed by atoms with Gasteiger partial charge in [-0.25, -0.2) is 0 Å². The number of nitrogens with one attached hydrogen (secondary N) is 1. The van der Waals surface area contributed by atoms with Gasteiger partial charge in [0.15, 0.2) is 5.76 Å². The van der Waals surface area contributed by atoms with E-state index in [9.17, 15) is 4.79 Å². The lowest BCUT2D eigenvalue weighted by molar-refractivity contribution is -0.134. The summed E-state index contributed by atoms with van der Waals surface area (Å²) in [4.78, 5) is 16.7. The molecule has 0 aliphatic carbocycles. The van der Waals surface area contributed by atoms with Gasteiger partial charge in [0.05, 0.1) is 18.3 Å². The molecule has 3 heterocycles. The second-order valence-corrected chi connectivity index (χ2v) is 6.77. The number of carbonyl (C=O) groups is 1. The number of aryl methyl sites for hydroxylation is 1. The van der Waals surface area contributed by atoms with E-state index in [1.54, 1.807) is 0 Å². The standard InChI is InChI=1S/C14H22N4O2S/c1-11-8-12(20-16-11)9-17-3-5-18(6-4-17)14(19)13-10-21-7-2-15-13/h8,13,15H,2-7,9-10H2,1H3. The summed E-state index contributed by atoms with van der Waals surface area (Å²) in [7, 11) is 0. The minimum Gasteiger partial charge on any atom is -0.360 e. The Balaban J connectivity index is 1.47. The third-order valence-corrected chi connectivity index (χ3v) is 5.02. The fourth-order valence-corrected chi connectivity index (χ4v) is 3.71. The molecule has 0 bridgehead atoms. The Hall–Kier alpha value is -1.05. The molecule has 3 rings (SSSR count). The van der Waals surface area contributed by atoms with Crippen molar-refractivity contribution in [3.05, 3.63) is 17.5 Å². The molecule has 1 atom stereocenters. The van der Waals surface area contributed by atoms with Gasteiger partial charge in [0.2, 0.25) is 5.91 Å². The van der Waals surface area contributed by atoms with Crippen LogP contribution in [0, 0.1) is 6.92 Å². The number of aromatic nitrogens is 1. The molecule has 2 aliphatic heterocycles. The number of amides is 1. The van der Waals surface area contributed by atoms with Crippen molar-refractivity contribution in [2.75, 3.05) is 44.2 Å². The zero-order valence-electron chi connectivity index (χ0n) is 12.4. The summed E-state index contributed by atoms with van der Waals surface area (Å²) < 4.78 is 5.25. The highest BCUT2D eigenvalue weighted by Gasteiger charge is 2.28. The second-order valence-electron chi connectivity index (χ2n) is 5.62. The van der Waals surface area contributed by atoms with E-state index in [-0.39, 0.29) is 11.9 Å². The second kappa shape index (κ2) is 6.81. The fourth-order valence-electron chi connectivity index (χ4n) is 2.78. The van der Waals surface area contributed by atoms with Crippen molar-refractivity contribution in [3.63, 3.8) is 0 Å². The fraction of sp³-hybridized carbons (Fsp3) is 0.714. The van der Waals surface area contributed by atoms with E-state index in [0.29, 0.717) is 0 Å². The molecule has 0 spiro atoms. The van der Waals surface area contributed by atoms with Crippen LogP contribution in [0.15, 0.2) is 10.6 Å². The van der Waals surface area contributed by atoms with Crippen LogP contribution in [0.25, 0.3) is 0 Å². The summed E-state index contributed by atoms with van der Waals surface area (Å²) in [5, 5.41) is 7.23. The highest BCUT2D eigenvalue weighted by atomic mass is 32.2. The van der Waals surface area contributed by atoms with Gasteiger partial charge in [0.25, 0.3) is 0 Å². The van der Waals surface area contributed by atoms with E-state index in [2.05, 4.69) is 15.4 Å². The molecule has 21 heavy (non-hydrogen) atoms. The first-order valence-corrected chi connectivity index (χ1v) is 8.62. The van der Waals surface area contributed by atoms with Crippen LogP contribution in [0.1, 0.15) is 11.5 Å². The molecular formula is C14H22N4O2S. The molecule has 1 N–H and O–H groups in total. The molecule has 116 valence electrons. The van der Waals surface area contributed by atoms with Crippen LogP contribution in [0.5, 0.6) is 0 Å². The predicted molar refractivity (Wildman–Crippen MR) is 82.2 cm³/mol. The van der Waals surface area contributed by atoms with E-state index < -0.39 is 0 Å². The maximum atomic E-state index is 12.4. The van der Waals surface area contributed by atoms with E-state index in [1.807, 2.05) is 29.7 Å². The van der Waals surface area contributed by atoms with Gasteiger partial charge in [-0.2, -0.15) is 11.8 Å². The average Bonchev–Trinajstić information content (AvgIpc) is 2.93. The predicted octanol–water partition coefficient (Wildman–Crippen LogP) is 0.332. The Labute approximate surface area is 129 Å². The van der Waals surface area contributed by atoms with Crippen molar-refractivity contribution in [1.29, 1.82) is 0 Å². The van der Waals surface area contributed by atoms with Gasteiger partial charge >= 0.3 is 0 Å². The molecule has 1 aromatic heterocycles. The van der Waals surface area contributed by atoms with Gasteiger partial charge in [-0.1, -0.05) is 5.16 Å². The third-order valence-electron chi connectivity index (χ3n) is 3.96. The Morgan fingerprint density at radius 3 is 2.90 bits per heavy atom.